The fourth-order valence-electron chi connectivity index (χ4n) is 2.54. The summed E-state index contributed by atoms with van der Waals surface area (Å²) in [6.07, 6.45) is 0. The van der Waals surface area contributed by atoms with Crippen LogP contribution in [0.15, 0.2) is 30.3 Å². The van der Waals surface area contributed by atoms with Crippen molar-refractivity contribution in [1.29, 1.82) is 0 Å². The number of aromatic nitrogens is 2. The molecule has 0 aliphatic carbocycles. The van der Waals surface area contributed by atoms with E-state index in [0.717, 1.165) is 17.8 Å². The second-order valence-electron chi connectivity index (χ2n) is 7.48. The van der Waals surface area contributed by atoms with Crippen LogP contribution in [0.2, 0.25) is 0 Å². The van der Waals surface area contributed by atoms with Crippen molar-refractivity contribution in [3.05, 3.63) is 52.8 Å². The van der Waals surface area contributed by atoms with Gasteiger partial charge in [0, 0.05) is 25.6 Å². The standard InChI is InChI=1S/C19H28N4O/c1-19(2,3)17-11-16(23(6)21-17)18(24)20-12-14-9-7-8-10-15(14)13-22(4)5/h7-11H,12-13H2,1-6H3,(H,20,24). The van der Waals surface area contributed by atoms with Gasteiger partial charge >= 0.3 is 0 Å². The van der Waals surface area contributed by atoms with Crippen LogP contribution in [0.4, 0.5) is 0 Å². The van der Waals surface area contributed by atoms with Crippen LogP contribution in [0.5, 0.6) is 0 Å². The van der Waals surface area contributed by atoms with E-state index in [9.17, 15) is 4.79 Å². The first-order valence-electron chi connectivity index (χ1n) is 8.22. The minimum Gasteiger partial charge on any atom is -0.347 e. The number of carbonyl (C=O) groups is 1. The molecule has 0 radical (unpaired) electrons. The van der Waals surface area contributed by atoms with Gasteiger partial charge in [-0.25, -0.2) is 0 Å². The minimum atomic E-state index is -0.0971. The highest BCUT2D eigenvalue weighted by molar-refractivity contribution is 5.92. The minimum absolute atomic E-state index is 0.0748. The lowest BCUT2D eigenvalue weighted by molar-refractivity contribution is 0.0941. The first kappa shape index (κ1) is 18.2. The van der Waals surface area contributed by atoms with E-state index < -0.39 is 0 Å². The van der Waals surface area contributed by atoms with Crippen LogP contribution >= 0.6 is 0 Å². The summed E-state index contributed by atoms with van der Waals surface area (Å²) in [5, 5.41) is 7.48. The monoisotopic (exact) mass is 328 g/mol. The lowest BCUT2D eigenvalue weighted by Gasteiger charge is -2.14. The third-order valence-corrected chi connectivity index (χ3v) is 3.93. The van der Waals surface area contributed by atoms with Gasteiger partial charge in [-0.2, -0.15) is 5.10 Å². The van der Waals surface area contributed by atoms with Gasteiger partial charge in [-0.15, -0.1) is 0 Å². The molecular formula is C19H28N4O. The van der Waals surface area contributed by atoms with Gasteiger partial charge < -0.3 is 10.2 Å². The molecule has 1 aromatic carbocycles. The summed E-state index contributed by atoms with van der Waals surface area (Å²) < 4.78 is 1.65. The molecule has 1 aromatic heterocycles. The molecule has 0 bridgehead atoms. The van der Waals surface area contributed by atoms with Crippen LogP contribution in [0.1, 0.15) is 48.1 Å². The van der Waals surface area contributed by atoms with Crippen LogP contribution in [-0.4, -0.2) is 34.7 Å². The van der Waals surface area contributed by atoms with E-state index in [0.29, 0.717) is 12.2 Å². The number of aryl methyl sites for hydroxylation is 1. The van der Waals surface area contributed by atoms with Gasteiger partial charge in [0.2, 0.25) is 0 Å². The number of hydrogen-bond acceptors (Lipinski definition) is 3. The van der Waals surface area contributed by atoms with Gasteiger partial charge in [0.15, 0.2) is 0 Å². The van der Waals surface area contributed by atoms with Gasteiger partial charge in [0.25, 0.3) is 5.91 Å². The zero-order chi connectivity index (χ0) is 17.9. The van der Waals surface area contributed by atoms with Crippen molar-refractivity contribution in [3.8, 4) is 0 Å². The molecule has 0 atom stereocenters. The number of nitrogens with zero attached hydrogens (tertiary/aromatic N) is 3. The Labute approximate surface area is 144 Å². The first-order chi connectivity index (χ1) is 11.2. The van der Waals surface area contributed by atoms with Crippen LogP contribution in [0.3, 0.4) is 0 Å². The van der Waals surface area contributed by atoms with Crippen molar-refractivity contribution in [2.45, 2.75) is 39.3 Å². The molecule has 0 unspecified atom stereocenters. The topological polar surface area (TPSA) is 50.2 Å². The molecular weight excluding hydrogens is 300 g/mol. The number of nitrogens with one attached hydrogen (secondary N) is 1. The normalized spacial score (nSPS) is 11.8. The van der Waals surface area contributed by atoms with E-state index in [1.165, 1.54) is 5.56 Å². The Morgan fingerprint density at radius 2 is 1.83 bits per heavy atom. The highest BCUT2D eigenvalue weighted by Gasteiger charge is 2.21. The van der Waals surface area contributed by atoms with Crippen LogP contribution in [0.25, 0.3) is 0 Å². The van der Waals surface area contributed by atoms with E-state index in [1.807, 2.05) is 39.3 Å². The summed E-state index contributed by atoms with van der Waals surface area (Å²) in [7, 11) is 5.89. The Balaban J connectivity index is 2.11. The highest BCUT2D eigenvalue weighted by atomic mass is 16.2. The summed E-state index contributed by atoms with van der Waals surface area (Å²) in [4.78, 5) is 14.7. The van der Waals surface area contributed by atoms with Gasteiger partial charge in [-0.1, -0.05) is 45.0 Å². The molecule has 2 rings (SSSR count). The predicted octanol–water partition coefficient (Wildman–Crippen LogP) is 2.71. The Kier molecular flexibility index (Phi) is 5.44. The molecule has 0 aliphatic rings. The average Bonchev–Trinajstić information content (AvgIpc) is 2.87. The fourth-order valence-corrected chi connectivity index (χ4v) is 2.54. The summed E-state index contributed by atoms with van der Waals surface area (Å²) in [5.74, 6) is -0.0971. The maximum Gasteiger partial charge on any atom is 0.269 e. The molecule has 5 heteroatoms. The molecule has 1 amide bonds. The SMILES string of the molecule is CN(C)Cc1ccccc1CNC(=O)c1cc(C(C)(C)C)nn1C. The quantitative estimate of drug-likeness (QED) is 0.918. The second-order valence-corrected chi connectivity index (χ2v) is 7.48. The molecule has 24 heavy (non-hydrogen) atoms. The van der Waals surface area contributed by atoms with Crippen molar-refractivity contribution in [1.82, 2.24) is 20.0 Å². The maximum atomic E-state index is 12.5. The number of benzene rings is 1. The van der Waals surface area contributed by atoms with Crippen LogP contribution in [0, 0.1) is 0 Å². The molecule has 5 nitrogen and oxygen atoms in total. The van der Waals surface area contributed by atoms with Crippen molar-refractivity contribution in [2.75, 3.05) is 14.1 Å². The zero-order valence-electron chi connectivity index (χ0n) is 15.6. The summed E-state index contributed by atoms with van der Waals surface area (Å²) in [6.45, 7) is 7.64. The lowest BCUT2D eigenvalue weighted by Crippen LogP contribution is -2.26. The molecule has 0 aliphatic heterocycles. The Morgan fingerprint density at radius 3 is 2.38 bits per heavy atom. The van der Waals surface area contributed by atoms with Crippen LogP contribution < -0.4 is 5.32 Å². The third kappa shape index (κ3) is 4.45. The molecule has 130 valence electrons. The van der Waals surface area contributed by atoms with Crippen molar-refractivity contribution < 1.29 is 4.79 Å². The van der Waals surface area contributed by atoms with Crippen molar-refractivity contribution >= 4 is 5.91 Å². The molecule has 1 heterocycles. The van der Waals surface area contributed by atoms with E-state index in [1.54, 1.807) is 4.68 Å². The third-order valence-electron chi connectivity index (χ3n) is 3.93. The molecule has 0 fully saturated rings. The van der Waals surface area contributed by atoms with E-state index in [-0.39, 0.29) is 11.3 Å². The Bertz CT molecular complexity index is 710. The molecule has 1 N–H and O–H groups in total. The van der Waals surface area contributed by atoms with Gasteiger partial charge in [-0.05, 0) is 31.3 Å². The number of carbonyl (C=O) groups excluding carboxylic acids is 1. The van der Waals surface area contributed by atoms with Crippen molar-refractivity contribution in [3.63, 3.8) is 0 Å². The first-order valence-corrected chi connectivity index (χ1v) is 8.22. The molecule has 2 aromatic rings. The summed E-state index contributed by atoms with van der Waals surface area (Å²) in [5.41, 5.74) is 3.79. The average molecular weight is 328 g/mol. The van der Waals surface area contributed by atoms with E-state index in [4.69, 9.17) is 0 Å². The number of amides is 1. The summed E-state index contributed by atoms with van der Waals surface area (Å²) in [6, 6.07) is 10.1. The largest absolute Gasteiger partial charge is 0.347 e. The molecule has 0 saturated carbocycles. The number of hydrogen-bond donors (Lipinski definition) is 1. The van der Waals surface area contributed by atoms with E-state index in [2.05, 4.69) is 48.2 Å². The lowest BCUT2D eigenvalue weighted by atomic mass is 9.92. The maximum absolute atomic E-state index is 12.5. The van der Waals surface area contributed by atoms with Gasteiger partial charge in [0.1, 0.15) is 5.69 Å². The Hall–Kier alpha value is -2.14. The highest BCUT2D eigenvalue weighted by Crippen LogP contribution is 2.21. The predicted molar refractivity (Wildman–Crippen MR) is 96.9 cm³/mol. The van der Waals surface area contributed by atoms with Crippen LogP contribution in [-0.2, 0) is 25.6 Å². The second kappa shape index (κ2) is 7.18. The van der Waals surface area contributed by atoms with Gasteiger partial charge in [0.05, 0.1) is 5.69 Å². The molecule has 0 saturated heterocycles. The number of rotatable bonds is 5. The fraction of sp³-hybridized carbons (Fsp3) is 0.474. The zero-order valence-corrected chi connectivity index (χ0v) is 15.6. The summed E-state index contributed by atoms with van der Waals surface area (Å²) >= 11 is 0. The van der Waals surface area contributed by atoms with E-state index >= 15 is 0 Å². The smallest absolute Gasteiger partial charge is 0.269 e. The van der Waals surface area contributed by atoms with Crippen molar-refractivity contribution in [2.24, 2.45) is 7.05 Å². The molecule has 0 spiro atoms. The Morgan fingerprint density at radius 1 is 1.21 bits per heavy atom. The van der Waals surface area contributed by atoms with Gasteiger partial charge in [-0.3, -0.25) is 9.48 Å².